The number of nitrogens with zero attached hydrogens (tertiary/aromatic N) is 2. The normalized spacial score (nSPS) is 16.9. The zero-order valence-corrected chi connectivity index (χ0v) is 16.0. The van der Waals surface area contributed by atoms with Gasteiger partial charge in [-0.05, 0) is 47.0 Å². The Labute approximate surface area is 166 Å². The van der Waals surface area contributed by atoms with Crippen LogP contribution >= 0.6 is 0 Å². The van der Waals surface area contributed by atoms with Gasteiger partial charge in [0.05, 0.1) is 11.6 Å². The van der Waals surface area contributed by atoms with Crippen molar-refractivity contribution in [2.75, 3.05) is 26.2 Å². The number of hydrogen-bond acceptors (Lipinski definition) is 3. The van der Waals surface area contributed by atoms with Gasteiger partial charge >= 0.3 is 0 Å². The molecule has 0 amide bonds. The lowest BCUT2D eigenvalue weighted by atomic mass is 9.92. The molecule has 0 radical (unpaired) electrons. The molecule has 3 nitrogen and oxygen atoms in total. The SMILES string of the molecule is c1ccc2ncc(C(c3cccc4ccccc34)N3CCCNCC3)cc2c1. The minimum absolute atomic E-state index is 0.211. The summed E-state index contributed by atoms with van der Waals surface area (Å²) >= 11 is 0. The topological polar surface area (TPSA) is 28.2 Å². The second-order valence-corrected chi connectivity index (χ2v) is 7.57. The van der Waals surface area contributed by atoms with Crippen LogP contribution in [0, 0.1) is 0 Å². The summed E-state index contributed by atoms with van der Waals surface area (Å²) in [6.45, 7) is 4.26. The van der Waals surface area contributed by atoms with E-state index < -0.39 is 0 Å². The number of pyridine rings is 1. The van der Waals surface area contributed by atoms with Crippen molar-refractivity contribution >= 4 is 21.7 Å². The predicted octanol–water partition coefficient (Wildman–Crippen LogP) is 4.77. The van der Waals surface area contributed by atoms with Crippen molar-refractivity contribution in [3.8, 4) is 0 Å². The van der Waals surface area contributed by atoms with Crippen LogP contribution in [0.4, 0.5) is 0 Å². The molecule has 4 aromatic rings. The number of aromatic nitrogens is 1. The van der Waals surface area contributed by atoms with Crippen molar-refractivity contribution < 1.29 is 0 Å². The molecule has 28 heavy (non-hydrogen) atoms. The minimum Gasteiger partial charge on any atom is -0.315 e. The largest absolute Gasteiger partial charge is 0.315 e. The van der Waals surface area contributed by atoms with E-state index in [9.17, 15) is 0 Å². The molecule has 1 aromatic heterocycles. The van der Waals surface area contributed by atoms with E-state index in [4.69, 9.17) is 4.98 Å². The molecular formula is C25H25N3. The maximum absolute atomic E-state index is 4.78. The lowest BCUT2D eigenvalue weighted by Gasteiger charge is -2.32. The molecule has 0 bridgehead atoms. The molecule has 3 aromatic carbocycles. The molecule has 1 saturated heterocycles. The fraction of sp³-hybridized carbons (Fsp3) is 0.240. The summed E-state index contributed by atoms with van der Waals surface area (Å²) in [6.07, 6.45) is 3.25. The van der Waals surface area contributed by atoms with Gasteiger partial charge in [-0.2, -0.15) is 0 Å². The van der Waals surface area contributed by atoms with Crippen LogP contribution in [0.5, 0.6) is 0 Å². The van der Waals surface area contributed by atoms with Gasteiger partial charge in [-0.1, -0.05) is 60.7 Å². The third-order valence-corrected chi connectivity index (χ3v) is 5.79. The Morgan fingerprint density at radius 3 is 2.61 bits per heavy atom. The van der Waals surface area contributed by atoms with Crippen molar-refractivity contribution in [3.63, 3.8) is 0 Å². The van der Waals surface area contributed by atoms with E-state index in [1.54, 1.807) is 0 Å². The van der Waals surface area contributed by atoms with Crippen LogP contribution in [-0.2, 0) is 0 Å². The van der Waals surface area contributed by atoms with Crippen molar-refractivity contribution in [1.29, 1.82) is 0 Å². The van der Waals surface area contributed by atoms with Crippen molar-refractivity contribution in [3.05, 3.63) is 90.1 Å². The van der Waals surface area contributed by atoms with E-state index in [1.165, 1.54) is 33.7 Å². The average Bonchev–Trinajstić information content (AvgIpc) is 3.03. The fourth-order valence-electron chi connectivity index (χ4n) is 4.44. The first-order valence-electron chi connectivity index (χ1n) is 10.2. The van der Waals surface area contributed by atoms with Crippen molar-refractivity contribution in [2.45, 2.75) is 12.5 Å². The molecule has 0 aliphatic carbocycles. The molecule has 3 heteroatoms. The summed E-state index contributed by atoms with van der Waals surface area (Å²) in [5, 5.41) is 7.38. The van der Waals surface area contributed by atoms with Crippen LogP contribution in [0.25, 0.3) is 21.7 Å². The van der Waals surface area contributed by atoms with E-state index in [2.05, 4.69) is 89.2 Å². The summed E-state index contributed by atoms with van der Waals surface area (Å²) < 4.78 is 0. The molecule has 140 valence electrons. The predicted molar refractivity (Wildman–Crippen MR) is 117 cm³/mol. The first-order chi connectivity index (χ1) is 13.9. The molecule has 1 aliphatic heterocycles. The van der Waals surface area contributed by atoms with Gasteiger partial charge in [-0.15, -0.1) is 0 Å². The number of hydrogen-bond donors (Lipinski definition) is 1. The summed E-state index contributed by atoms with van der Waals surface area (Å²) in [5.74, 6) is 0. The maximum atomic E-state index is 4.78. The van der Waals surface area contributed by atoms with Crippen LogP contribution in [-0.4, -0.2) is 36.1 Å². The lowest BCUT2D eigenvalue weighted by molar-refractivity contribution is 0.242. The first-order valence-corrected chi connectivity index (χ1v) is 10.2. The third kappa shape index (κ3) is 3.28. The van der Waals surface area contributed by atoms with Gasteiger partial charge in [0, 0.05) is 31.2 Å². The number of para-hydroxylation sites is 1. The Kier molecular flexibility index (Phi) is 4.78. The van der Waals surface area contributed by atoms with E-state index >= 15 is 0 Å². The Morgan fingerprint density at radius 1 is 0.821 bits per heavy atom. The Balaban J connectivity index is 1.69. The standard InChI is InChI=1S/C25H25N3/c1-3-10-22-19(7-1)9-5-11-23(22)25(28-15-6-13-26-14-16-28)21-17-20-8-2-4-12-24(20)27-18-21/h1-5,7-12,17-18,25-26H,6,13-16H2. The smallest absolute Gasteiger partial charge is 0.0702 e. The van der Waals surface area contributed by atoms with Crippen LogP contribution in [0.1, 0.15) is 23.6 Å². The van der Waals surface area contributed by atoms with Crippen LogP contribution < -0.4 is 5.32 Å². The molecule has 1 unspecified atom stereocenters. The first kappa shape index (κ1) is 17.4. The molecule has 1 fully saturated rings. The van der Waals surface area contributed by atoms with E-state index in [0.29, 0.717) is 0 Å². The summed E-state index contributed by atoms with van der Waals surface area (Å²) in [5.41, 5.74) is 3.70. The Hall–Kier alpha value is -2.75. The zero-order chi connectivity index (χ0) is 18.8. The molecule has 1 atom stereocenters. The highest BCUT2D eigenvalue weighted by Gasteiger charge is 2.25. The molecule has 0 spiro atoms. The monoisotopic (exact) mass is 367 g/mol. The van der Waals surface area contributed by atoms with Gasteiger partial charge in [-0.3, -0.25) is 9.88 Å². The fourth-order valence-corrected chi connectivity index (χ4v) is 4.44. The highest BCUT2D eigenvalue weighted by molar-refractivity contribution is 5.87. The van der Waals surface area contributed by atoms with Gasteiger partial charge < -0.3 is 5.32 Å². The van der Waals surface area contributed by atoms with E-state index in [-0.39, 0.29) is 6.04 Å². The molecule has 0 saturated carbocycles. The molecular weight excluding hydrogens is 342 g/mol. The Bertz CT molecular complexity index is 1090. The summed E-state index contributed by atoms with van der Waals surface area (Å²) in [4.78, 5) is 7.40. The Morgan fingerprint density at radius 2 is 1.64 bits per heavy atom. The van der Waals surface area contributed by atoms with Crippen LogP contribution in [0.15, 0.2) is 79.0 Å². The maximum Gasteiger partial charge on any atom is 0.0702 e. The summed E-state index contributed by atoms with van der Waals surface area (Å²) in [7, 11) is 0. The number of nitrogens with one attached hydrogen (secondary N) is 1. The van der Waals surface area contributed by atoms with E-state index in [0.717, 1.165) is 31.7 Å². The molecule has 1 aliphatic rings. The van der Waals surface area contributed by atoms with Gasteiger partial charge in [0.1, 0.15) is 0 Å². The molecule has 1 N–H and O–H groups in total. The van der Waals surface area contributed by atoms with Crippen LogP contribution in [0.2, 0.25) is 0 Å². The second kappa shape index (κ2) is 7.70. The molecule has 2 heterocycles. The number of fused-ring (bicyclic) bond motifs is 2. The van der Waals surface area contributed by atoms with Gasteiger partial charge in [-0.25, -0.2) is 0 Å². The number of benzene rings is 3. The highest BCUT2D eigenvalue weighted by Crippen LogP contribution is 2.34. The lowest BCUT2D eigenvalue weighted by Crippen LogP contribution is -2.33. The minimum atomic E-state index is 0.211. The quantitative estimate of drug-likeness (QED) is 0.565. The third-order valence-electron chi connectivity index (χ3n) is 5.79. The average molecular weight is 367 g/mol. The van der Waals surface area contributed by atoms with Gasteiger partial charge in [0.25, 0.3) is 0 Å². The van der Waals surface area contributed by atoms with E-state index in [1.807, 2.05) is 0 Å². The van der Waals surface area contributed by atoms with Gasteiger partial charge in [0.15, 0.2) is 0 Å². The zero-order valence-electron chi connectivity index (χ0n) is 16.0. The van der Waals surface area contributed by atoms with Crippen molar-refractivity contribution in [2.24, 2.45) is 0 Å². The van der Waals surface area contributed by atoms with Crippen molar-refractivity contribution in [1.82, 2.24) is 15.2 Å². The second-order valence-electron chi connectivity index (χ2n) is 7.57. The summed E-state index contributed by atoms with van der Waals surface area (Å²) in [6, 6.07) is 26.3. The highest BCUT2D eigenvalue weighted by atomic mass is 15.2. The van der Waals surface area contributed by atoms with Crippen LogP contribution in [0.3, 0.4) is 0 Å². The molecule has 5 rings (SSSR count). The number of rotatable bonds is 3. The van der Waals surface area contributed by atoms with Gasteiger partial charge in [0.2, 0.25) is 0 Å².